The quantitative estimate of drug-likeness (QED) is 0.596. The van der Waals surface area contributed by atoms with Crippen LogP contribution in [0.5, 0.6) is 0 Å². The van der Waals surface area contributed by atoms with Crippen molar-refractivity contribution >= 4 is 27.1 Å². The SMILES string of the molecule is CO[Si](OC)c1ccccc1CS. The van der Waals surface area contributed by atoms with Crippen molar-refractivity contribution in [2.75, 3.05) is 14.2 Å². The van der Waals surface area contributed by atoms with Crippen LogP contribution in [0, 0.1) is 0 Å². The van der Waals surface area contributed by atoms with Gasteiger partial charge in [-0.3, -0.25) is 0 Å². The molecule has 2 nitrogen and oxygen atoms in total. The predicted octanol–water partition coefficient (Wildman–Crippen LogP) is 1.10. The van der Waals surface area contributed by atoms with Gasteiger partial charge in [0.2, 0.25) is 0 Å². The average Bonchev–Trinajstić information content (AvgIpc) is 2.20. The first-order chi connectivity index (χ1) is 6.33. The fraction of sp³-hybridized carbons (Fsp3) is 0.333. The van der Waals surface area contributed by atoms with Gasteiger partial charge in [-0.1, -0.05) is 24.3 Å². The summed E-state index contributed by atoms with van der Waals surface area (Å²) in [6, 6.07) is 8.07. The zero-order valence-corrected chi connectivity index (χ0v) is 9.67. The molecule has 0 heterocycles. The van der Waals surface area contributed by atoms with Crippen molar-refractivity contribution < 1.29 is 8.85 Å². The Labute approximate surface area is 86.1 Å². The summed E-state index contributed by atoms with van der Waals surface area (Å²) in [4.78, 5) is 0. The van der Waals surface area contributed by atoms with Crippen molar-refractivity contribution in [2.24, 2.45) is 0 Å². The average molecular weight is 213 g/mol. The second-order valence-electron chi connectivity index (χ2n) is 2.51. The van der Waals surface area contributed by atoms with Gasteiger partial charge in [0, 0.05) is 20.0 Å². The third-order valence-electron chi connectivity index (χ3n) is 1.78. The first-order valence-corrected chi connectivity index (χ1v) is 5.92. The Hall–Kier alpha value is -0.293. The third kappa shape index (κ3) is 2.57. The molecule has 1 aromatic carbocycles. The van der Waals surface area contributed by atoms with Gasteiger partial charge in [0.15, 0.2) is 0 Å². The Morgan fingerprint density at radius 2 is 1.85 bits per heavy atom. The smallest absolute Gasteiger partial charge is 0.393 e. The van der Waals surface area contributed by atoms with E-state index in [1.54, 1.807) is 14.2 Å². The van der Waals surface area contributed by atoms with Crippen LogP contribution in [-0.4, -0.2) is 23.5 Å². The highest BCUT2D eigenvalue weighted by molar-refractivity contribution is 7.79. The van der Waals surface area contributed by atoms with Gasteiger partial charge in [0.25, 0.3) is 0 Å². The second-order valence-corrected chi connectivity index (χ2v) is 4.76. The molecule has 0 aromatic heterocycles. The molecule has 1 radical (unpaired) electrons. The molecule has 1 aromatic rings. The maximum absolute atomic E-state index is 5.27. The van der Waals surface area contributed by atoms with Crippen LogP contribution in [-0.2, 0) is 14.6 Å². The van der Waals surface area contributed by atoms with Crippen LogP contribution in [0.4, 0.5) is 0 Å². The summed E-state index contributed by atoms with van der Waals surface area (Å²) in [5.41, 5.74) is 1.18. The predicted molar refractivity (Wildman–Crippen MR) is 58.5 cm³/mol. The van der Waals surface area contributed by atoms with Crippen LogP contribution in [0.3, 0.4) is 0 Å². The van der Waals surface area contributed by atoms with E-state index in [1.807, 2.05) is 24.3 Å². The highest BCUT2D eigenvalue weighted by atomic mass is 32.1. The molecule has 0 saturated heterocycles. The Bertz CT molecular complexity index is 264. The van der Waals surface area contributed by atoms with Gasteiger partial charge < -0.3 is 8.85 Å². The summed E-state index contributed by atoms with van der Waals surface area (Å²) in [7, 11) is 2.06. The molecule has 0 saturated carbocycles. The highest BCUT2D eigenvalue weighted by Crippen LogP contribution is 2.02. The lowest BCUT2D eigenvalue weighted by atomic mass is 10.2. The number of hydrogen-bond donors (Lipinski definition) is 1. The van der Waals surface area contributed by atoms with Gasteiger partial charge in [0.1, 0.15) is 0 Å². The van der Waals surface area contributed by atoms with E-state index < -0.39 is 9.28 Å². The molecule has 0 bridgehead atoms. The second kappa shape index (κ2) is 5.44. The lowest BCUT2D eigenvalue weighted by molar-refractivity contribution is 0.291. The minimum absolute atomic E-state index is 0.719. The zero-order valence-electron chi connectivity index (χ0n) is 7.78. The van der Waals surface area contributed by atoms with Crippen LogP contribution in [0.25, 0.3) is 0 Å². The van der Waals surface area contributed by atoms with Gasteiger partial charge in [-0.2, -0.15) is 12.6 Å². The third-order valence-corrected chi connectivity index (χ3v) is 3.79. The first kappa shape index (κ1) is 10.8. The maximum atomic E-state index is 5.27. The van der Waals surface area contributed by atoms with E-state index >= 15 is 0 Å². The molecule has 0 N–H and O–H groups in total. The van der Waals surface area contributed by atoms with Gasteiger partial charge in [-0.15, -0.1) is 0 Å². The van der Waals surface area contributed by atoms with Gasteiger partial charge >= 0.3 is 9.28 Å². The zero-order chi connectivity index (χ0) is 9.68. The van der Waals surface area contributed by atoms with Crippen LogP contribution >= 0.6 is 12.6 Å². The maximum Gasteiger partial charge on any atom is 0.423 e. The molecule has 0 aliphatic heterocycles. The first-order valence-electron chi connectivity index (χ1n) is 3.97. The number of hydrogen-bond acceptors (Lipinski definition) is 3. The van der Waals surface area contributed by atoms with Gasteiger partial charge in [-0.25, -0.2) is 0 Å². The molecule has 0 aliphatic rings. The summed E-state index contributed by atoms with van der Waals surface area (Å²) >= 11 is 4.26. The van der Waals surface area contributed by atoms with Crippen molar-refractivity contribution in [1.82, 2.24) is 0 Å². The molecule has 0 amide bonds. The van der Waals surface area contributed by atoms with Crippen LogP contribution < -0.4 is 5.19 Å². The Morgan fingerprint density at radius 1 is 1.23 bits per heavy atom. The standard InChI is InChI=1S/C9H13O2SSi/c1-10-13(11-2)9-6-4-3-5-8(9)7-12/h3-6,12H,7H2,1-2H3. The molecule has 0 unspecified atom stereocenters. The molecule has 0 fully saturated rings. The Kier molecular flexibility index (Phi) is 4.51. The lowest BCUT2D eigenvalue weighted by Gasteiger charge is -2.12. The van der Waals surface area contributed by atoms with E-state index in [0.29, 0.717) is 0 Å². The van der Waals surface area contributed by atoms with Crippen molar-refractivity contribution in [2.45, 2.75) is 5.75 Å². The van der Waals surface area contributed by atoms with Crippen LogP contribution in [0.1, 0.15) is 5.56 Å². The molecular weight excluding hydrogens is 200 g/mol. The van der Waals surface area contributed by atoms with E-state index in [2.05, 4.69) is 12.6 Å². The van der Waals surface area contributed by atoms with E-state index in [1.165, 1.54) is 5.56 Å². The Balaban J connectivity index is 2.96. The largest absolute Gasteiger partial charge is 0.423 e. The van der Waals surface area contributed by atoms with Crippen LogP contribution in [0.2, 0.25) is 0 Å². The normalized spacial score (nSPS) is 10.8. The van der Waals surface area contributed by atoms with E-state index in [0.717, 1.165) is 10.9 Å². The van der Waals surface area contributed by atoms with Gasteiger partial charge in [0.05, 0.1) is 0 Å². The molecule has 0 spiro atoms. The number of rotatable bonds is 4. The molecule has 13 heavy (non-hydrogen) atoms. The van der Waals surface area contributed by atoms with Crippen molar-refractivity contribution in [1.29, 1.82) is 0 Å². The summed E-state index contributed by atoms with van der Waals surface area (Å²) < 4.78 is 10.5. The summed E-state index contributed by atoms with van der Waals surface area (Å²) in [5.74, 6) is 0.719. The van der Waals surface area contributed by atoms with Crippen molar-refractivity contribution in [3.05, 3.63) is 29.8 Å². The lowest BCUT2D eigenvalue weighted by Crippen LogP contribution is -2.36. The number of thiol groups is 1. The summed E-state index contributed by atoms with van der Waals surface area (Å²) in [5, 5.41) is 1.15. The van der Waals surface area contributed by atoms with E-state index in [-0.39, 0.29) is 0 Å². The minimum atomic E-state index is -1.29. The number of benzene rings is 1. The van der Waals surface area contributed by atoms with Crippen molar-refractivity contribution in [3.63, 3.8) is 0 Å². The monoisotopic (exact) mass is 213 g/mol. The fourth-order valence-electron chi connectivity index (χ4n) is 1.16. The topological polar surface area (TPSA) is 18.5 Å². The molecule has 1 rings (SSSR count). The van der Waals surface area contributed by atoms with Gasteiger partial charge in [-0.05, 0) is 10.8 Å². The molecule has 0 atom stereocenters. The molecular formula is C9H13O2SSi. The highest BCUT2D eigenvalue weighted by Gasteiger charge is 2.18. The molecule has 4 heteroatoms. The fourth-order valence-corrected chi connectivity index (χ4v) is 2.86. The minimum Gasteiger partial charge on any atom is -0.393 e. The van der Waals surface area contributed by atoms with Crippen LogP contribution in [0.15, 0.2) is 24.3 Å². The van der Waals surface area contributed by atoms with E-state index in [9.17, 15) is 0 Å². The molecule has 71 valence electrons. The summed E-state index contributed by atoms with van der Waals surface area (Å²) in [6.45, 7) is 0. The Morgan fingerprint density at radius 3 is 2.38 bits per heavy atom. The van der Waals surface area contributed by atoms with E-state index in [4.69, 9.17) is 8.85 Å². The van der Waals surface area contributed by atoms with Crippen molar-refractivity contribution in [3.8, 4) is 0 Å². The summed E-state index contributed by atoms with van der Waals surface area (Å²) in [6.07, 6.45) is 0. The molecule has 0 aliphatic carbocycles.